The van der Waals surface area contributed by atoms with Crippen molar-refractivity contribution in [3.05, 3.63) is 0 Å². The fraction of sp³-hybridized carbons (Fsp3) is 0.636. The average Bonchev–Trinajstić information content (AvgIpc) is 2.26. The first-order valence-electron chi connectivity index (χ1n) is 5.17. The lowest BCUT2D eigenvalue weighted by molar-refractivity contribution is -0.141. The zero-order valence-corrected chi connectivity index (χ0v) is 9.69. The van der Waals surface area contributed by atoms with E-state index in [1.807, 2.05) is 0 Å². The third-order valence-electron chi connectivity index (χ3n) is 2.28. The molecule has 5 nitrogen and oxygen atoms in total. The Hall–Kier alpha value is -1.70. The van der Waals surface area contributed by atoms with Crippen LogP contribution < -0.4 is 5.32 Å². The van der Waals surface area contributed by atoms with Crippen LogP contribution in [-0.4, -0.2) is 41.6 Å². The predicted octanol–water partition coefficient (Wildman–Crippen LogP) is 0.904. The maximum atomic E-state index is 11.4. The Morgan fingerprint density at radius 3 is 2.62 bits per heavy atom. The quantitative estimate of drug-likeness (QED) is 0.522. The van der Waals surface area contributed by atoms with Crippen molar-refractivity contribution in [3.8, 4) is 12.3 Å². The van der Waals surface area contributed by atoms with Gasteiger partial charge in [-0.1, -0.05) is 0 Å². The molecule has 1 atom stereocenters. The molecule has 0 spiro atoms. The largest absolute Gasteiger partial charge is 0.480 e. The zero-order valence-electron chi connectivity index (χ0n) is 9.69. The molecule has 0 saturated carbocycles. The summed E-state index contributed by atoms with van der Waals surface area (Å²) in [6.45, 7) is 1.97. The molecule has 0 aromatic carbocycles. The summed E-state index contributed by atoms with van der Waals surface area (Å²) in [7, 11) is 1.45. The monoisotopic (exact) mass is 226 g/mol. The van der Waals surface area contributed by atoms with Crippen LogP contribution in [0.4, 0.5) is 4.79 Å². The third kappa shape index (κ3) is 5.25. The molecular weight excluding hydrogens is 208 g/mol. The first-order valence-corrected chi connectivity index (χ1v) is 5.17. The van der Waals surface area contributed by atoms with Crippen LogP contribution in [0.25, 0.3) is 0 Å². The molecule has 0 fully saturated rings. The van der Waals surface area contributed by atoms with Gasteiger partial charge in [0.2, 0.25) is 0 Å². The fourth-order valence-corrected chi connectivity index (χ4v) is 1.01. The Morgan fingerprint density at radius 1 is 1.50 bits per heavy atom. The molecule has 0 aromatic rings. The SMILES string of the molecule is C#CCCCCNC(=O)N(C)C(C)C(=O)O. The predicted molar refractivity (Wildman–Crippen MR) is 60.9 cm³/mol. The molecule has 1 unspecified atom stereocenters. The minimum Gasteiger partial charge on any atom is -0.480 e. The molecule has 16 heavy (non-hydrogen) atoms. The number of unbranched alkanes of at least 4 members (excludes halogenated alkanes) is 2. The smallest absolute Gasteiger partial charge is 0.326 e. The number of nitrogens with one attached hydrogen (secondary N) is 1. The molecule has 0 aliphatic carbocycles. The summed E-state index contributed by atoms with van der Waals surface area (Å²) in [6.07, 6.45) is 7.43. The molecule has 0 saturated heterocycles. The number of aliphatic carboxylic acids is 1. The van der Waals surface area contributed by atoms with Crippen molar-refractivity contribution in [2.75, 3.05) is 13.6 Å². The second-order valence-corrected chi connectivity index (χ2v) is 3.52. The fourth-order valence-electron chi connectivity index (χ4n) is 1.01. The molecule has 2 amide bonds. The van der Waals surface area contributed by atoms with Crippen LogP contribution in [-0.2, 0) is 4.79 Å². The molecule has 0 bridgehead atoms. The normalized spacial score (nSPS) is 11.3. The van der Waals surface area contributed by atoms with Gasteiger partial charge in [0, 0.05) is 20.0 Å². The van der Waals surface area contributed by atoms with Crippen molar-refractivity contribution in [1.82, 2.24) is 10.2 Å². The first kappa shape index (κ1) is 14.3. The number of hydrogen-bond acceptors (Lipinski definition) is 2. The van der Waals surface area contributed by atoms with E-state index in [2.05, 4.69) is 11.2 Å². The van der Waals surface area contributed by atoms with Crippen molar-refractivity contribution < 1.29 is 14.7 Å². The van der Waals surface area contributed by atoms with Gasteiger partial charge in [-0.05, 0) is 19.8 Å². The Kier molecular flexibility index (Phi) is 6.77. The Balaban J connectivity index is 3.80. The van der Waals surface area contributed by atoms with Gasteiger partial charge in [-0.3, -0.25) is 0 Å². The molecule has 0 aliphatic heterocycles. The molecule has 0 aromatic heterocycles. The highest BCUT2D eigenvalue weighted by atomic mass is 16.4. The third-order valence-corrected chi connectivity index (χ3v) is 2.28. The van der Waals surface area contributed by atoms with Crippen LogP contribution in [0.1, 0.15) is 26.2 Å². The molecule has 2 N–H and O–H groups in total. The van der Waals surface area contributed by atoms with E-state index in [1.165, 1.54) is 14.0 Å². The summed E-state index contributed by atoms with van der Waals surface area (Å²) < 4.78 is 0. The van der Waals surface area contributed by atoms with Gasteiger partial charge in [-0.15, -0.1) is 12.3 Å². The number of nitrogens with zero attached hydrogens (tertiary/aromatic N) is 1. The molecule has 0 heterocycles. The van der Waals surface area contributed by atoms with E-state index in [4.69, 9.17) is 11.5 Å². The van der Waals surface area contributed by atoms with Crippen LogP contribution in [0.15, 0.2) is 0 Å². The Bertz CT molecular complexity index is 283. The van der Waals surface area contributed by atoms with Crippen LogP contribution in [0, 0.1) is 12.3 Å². The number of carbonyl (C=O) groups excluding carboxylic acids is 1. The van der Waals surface area contributed by atoms with Crippen LogP contribution >= 0.6 is 0 Å². The summed E-state index contributed by atoms with van der Waals surface area (Å²) in [6, 6.07) is -1.21. The average molecular weight is 226 g/mol. The number of amides is 2. The number of carbonyl (C=O) groups is 2. The summed E-state index contributed by atoms with van der Waals surface area (Å²) in [4.78, 5) is 23.2. The summed E-state index contributed by atoms with van der Waals surface area (Å²) >= 11 is 0. The summed E-state index contributed by atoms with van der Waals surface area (Å²) in [5.41, 5.74) is 0. The Labute approximate surface area is 95.8 Å². The lowest BCUT2D eigenvalue weighted by atomic mass is 10.2. The lowest BCUT2D eigenvalue weighted by Crippen LogP contribution is -2.45. The van der Waals surface area contributed by atoms with Crippen LogP contribution in [0.3, 0.4) is 0 Å². The Morgan fingerprint density at radius 2 is 2.12 bits per heavy atom. The highest BCUT2D eigenvalue weighted by molar-refractivity contribution is 5.82. The minimum atomic E-state index is -1.02. The maximum Gasteiger partial charge on any atom is 0.326 e. The number of carboxylic acid groups (broad SMARTS) is 1. The van der Waals surface area contributed by atoms with E-state index >= 15 is 0 Å². The number of likely N-dealkylation sites (N-methyl/N-ethyl adjacent to an activating group) is 1. The maximum absolute atomic E-state index is 11.4. The standard InChI is InChI=1S/C11H18N2O3/c1-4-5-6-7-8-12-11(16)13(3)9(2)10(14)15/h1,9H,5-8H2,2-3H3,(H,12,16)(H,14,15). The van der Waals surface area contributed by atoms with Gasteiger partial charge in [-0.2, -0.15) is 0 Å². The van der Waals surface area contributed by atoms with E-state index in [-0.39, 0.29) is 6.03 Å². The van der Waals surface area contributed by atoms with Crippen LogP contribution in [0.5, 0.6) is 0 Å². The number of hydrogen-bond donors (Lipinski definition) is 2. The van der Waals surface area contributed by atoms with E-state index in [0.29, 0.717) is 13.0 Å². The molecule has 0 rings (SSSR count). The molecular formula is C11H18N2O3. The van der Waals surface area contributed by atoms with E-state index in [0.717, 1.165) is 17.7 Å². The van der Waals surface area contributed by atoms with Gasteiger partial charge >= 0.3 is 12.0 Å². The van der Waals surface area contributed by atoms with E-state index < -0.39 is 12.0 Å². The number of urea groups is 1. The topological polar surface area (TPSA) is 69.6 Å². The van der Waals surface area contributed by atoms with Gasteiger partial charge in [0.05, 0.1) is 0 Å². The van der Waals surface area contributed by atoms with Gasteiger partial charge in [0.15, 0.2) is 0 Å². The minimum absolute atomic E-state index is 0.379. The molecule has 90 valence electrons. The highest BCUT2D eigenvalue weighted by Crippen LogP contribution is 1.97. The highest BCUT2D eigenvalue weighted by Gasteiger charge is 2.20. The van der Waals surface area contributed by atoms with Gasteiger partial charge in [0.25, 0.3) is 0 Å². The van der Waals surface area contributed by atoms with Gasteiger partial charge in [-0.25, -0.2) is 9.59 Å². The van der Waals surface area contributed by atoms with Crippen molar-refractivity contribution in [2.45, 2.75) is 32.2 Å². The number of terminal acetylenes is 1. The molecule has 0 aliphatic rings. The lowest BCUT2D eigenvalue weighted by Gasteiger charge is -2.21. The van der Waals surface area contributed by atoms with Crippen molar-refractivity contribution in [3.63, 3.8) is 0 Å². The van der Waals surface area contributed by atoms with E-state index in [9.17, 15) is 9.59 Å². The van der Waals surface area contributed by atoms with Crippen molar-refractivity contribution in [2.24, 2.45) is 0 Å². The van der Waals surface area contributed by atoms with Crippen LogP contribution in [0.2, 0.25) is 0 Å². The van der Waals surface area contributed by atoms with Gasteiger partial charge in [0.1, 0.15) is 6.04 Å². The molecule has 0 radical (unpaired) electrons. The van der Waals surface area contributed by atoms with E-state index in [1.54, 1.807) is 0 Å². The summed E-state index contributed by atoms with van der Waals surface area (Å²) in [5.74, 6) is 1.49. The van der Waals surface area contributed by atoms with Crippen molar-refractivity contribution >= 4 is 12.0 Å². The zero-order chi connectivity index (χ0) is 12.6. The second-order valence-electron chi connectivity index (χ2n) is 3.52. The number of carboxylic acids is 1. The summed E-state index contributed by atoms with van der Waals surface area (Å²) in [5, 5.41) is 11.3. The second kappa shape index (κ2) is 7.57. The number of rotatable bonds is 6. The molecule has 5 heteroatoms. The first-order chi connectivity index (χ1) is 7.50. The van der Waals surface area contributed by atoms with Crippen molar-refractivity contribution in [1.29, 1.82) is 0 Å². The van der Waals surface area contributed by atoms with Gasteiger partial charge < -0.3 is 15.3 Å².